The third kappa shape index (κ3) is 3.80. The number of allylic oxidation sites excluding steroid dienone is 2. The number of fused-ring (bicyclic) bond motifs is 1. The molecule has 1 fully saturated rings. The highest BCUT2D eigenvalue weighted by atomic mass is 35.5. The number of likely N-dealkylation sites (tertiary alicyclic amines) is 1. The zero-order chi connectivity index (χ0) is 20.4. The Morgan fingerprint density at radius 1 is 1.21 bits per heavy atom. The number of esters is 1. The molecule has 3 amide bonds. The normalized spacial score (nSPS) is 22.4. The lowest BCUT2D eigenvalue weighted by Gasteiger charge is -2.22. The molecule has 3 rings (SSSR count). The molecule has 1 aliphatic heterocycles. The van der Waals surface area contributed by atoms with E-state index in [1.165, 1.54) is 19.1 Å². The van der Waals surface area contributed by atoms with Gasteiger partial charge in [-0.05, 0) is 51.0 Å². The van der Waals surface area contributed by atoms with Gasteiger partial charge in [-0.1, -0.05) is 17.7 Å². The van der Waals surface area contributed by atoms with E-state index >= 15 is 0 Å². The molecule has 0 radical (unpaired) electrons. The summed E-state index contributed by atoms with van der Waals surface area (Å²) in [4.78, 5) is 50.6. The molecule has 0 saturated carbocycles. The van der Waals surface area contributed by atoms with E-state index in [-0.39, 0.29) is 18.4 Å². The summed E-state index contributed by atoms with van der Waals surface area (Å²) in [6.07, 6.45) is 2.50. The number of nitrogens with zero attached hydrogens (tertiary/aromatic N) is 1. The van der Waals surface area contributed by atoms with Crippen molar-refractivity contribution < 1.29 is 23.9 Å². The Labute approximate surface area is 167 Å². The van der Waals surface area contributed by atoms with Crippen molar-refractivity contribution in [3.05, 3.63) is 40.9 Å². The van der Waals surface area contributed by atoms with Crippen molar-refractivity contribution in [2.24, 2.45) is 11.8 Å². The monoisotopic (exact) mass is 404 g/mol. The Kier molecular flexibility index (Phi) is 5.84. The standard InChI is InChI=1S/C20H21ClN2O5/c1-3-28-20(27)12-4-7-14(8-5-12)22-17(24)11(2)23-18(25)15-9-6-13(21)10-16(15)19(23)26/h4-8,11,15-16H,3,9-10H2,1-2H3,(H,22,24)/t11-,15-,16+/m0/s1. The van der Waals surface area contributed by atoms with Crippen LogP contribution in [0.5, 0.6) is 0 Å². The summed E-state index contributed by atoms with van der Waals surface area (Å²) >= 11 is 6.02. The second kappa shape index (κ2) is 8.14. The van der Waals surface area contributed by atoms with Gasteiger partial charge in [-0.15, -0.1) is 0 Å². The van der Waals surface area contributed by atoms with Gasteiger partial charge in [-0.3, -0.25) is 19.3 Å². The van der Waals surface area contributed by atoms with Crippen molar-refractivity contribution in [3.63, 3.8) is 0 Å². The number of amides is 3. The Bertz CT molecular complexity index is 849. The highest BCUT2D eigenvalue weighted by molar-refractivity contribution is 6.30. The van der Waals surface area contributed by atoms with Gasteiger partial charge in [-0.2, -0.15) is 0 Å². The number of anilines is 1. The highest BCUT2D eigenvalue weighted by Gasteiger charge is 2.51. The number of halogens is 1. The second-order valence-electron chi connectivity index (χ2n) is 6.81. The molecule has 0 spiro atoms. The predicted octanol–water partition coefficient (Wildman–Crippen LogP) is 2.71. The van der Waals surface area contributed by atoms with Crippen LogP contribution in [0.15, 0.2) is 35.4 Å². The van der Waals surface area contributed by atoms with Crippen molar-refractivity contribution in [1.82, 2.24) is 4.90 Å². The molecule has 28 heavy (non-hydrogen) atoms. The molecule has 1 aliphatic carbocycles. The first-order valence-electron chi connectivity index (χ1n) is 9.13. The Hall–Kier alpha value is -2.67. The molecule has 148 valence electrons. The van der Waals surface area contributed by atoms with Gasteiger partial charge in [-0.25, -0.2) is 4.79 Å². The number of imide groups is 1. The lowest BCUT2D eigenvalue weighted by molar-refractivity contribution is -0.146. The van der Waals surface area contributed by atoms with Gasteiger partial charge in [0.15, 0.2) is 0 Å². The van der Waals surface area contributed by atoms with Crippen LogP contribution in [0.2, 0.25) is 0 Å². The number of carbonyl (C=O) groups is 4. The number of nitrogens with one attached hydrogen (secondary N) is 1. The first kappa shape index (κ1) is 20.1. The first-order chi connectivity index (χ1) is 13.3. The van der Waals surface area contributed by atoms with E-state index in [4.69, 9.17) is 16.3 Å². The van der Waals surface area contributed by atoms with Crippen LogP contribution < -0.4 is 5.32 Å². The summed E-state index contributed by atoms with van der Waals surface area (Å²) in [5, 5.41) is 3.24. The van der Waals surface area contributed by atoms with Crippen LogP contribution in [0.1, 0.15) is 37.0 Å². The van der Waals surface area contributed by atoms with Crippen molar-refractivity contribution in [2.75, 3.05) is 11.9 Å². The smallest absolute Gasteiger partial charge is 0.338 e. The summed E-state index contributed by atoms with van der Waals surface area (Å²) in [5.41, 5.74) is 0.817. The average Bonchev–Trinajstić information content (AvgIpc) is 2.92. The highest BCUT2D eigenvalue weighted by Crippen LogP contribution is 2.39. The molecule has 7 nitrogen and oxygen atoms in total. The van der Waals surface area contributed by atoms with E-state index in [1.807, 2.05) is 0 Å². The summed E-state index contributed by atoms with van der Waals surface area (Å²) in [7, 11) is 0. The number of ether oxygens (including phenoxy) is 1. The molecule has 1 heterocycles. The predicted molar refractivity (Wildman–Crippen MR) is 102 cm³/mol. The lowest BCUT2D eigenvalue weighted by Crippen LogP contribution is -2.46. The SMILES string of the molecule is CCOC(=O)c1ccc(NC(=O)[C@H](C)N2C(=O)[C@H]3CC=C(Cl)C[C@H]3C2=O)cc1. The summed E-state index contributed by atoms with van der Waals surface area (Å²) < 4.78 is 4.91. The summed E-state index contributed by atoms with van der Waals surface area (Å²) in [6.45, 7) is 3.51. The van der Waals surface area contributed by atoms with Crippen molar-refractivity contribution in [3.8, 4) is 0 Å². The van der Waals surface area contributed by atoms with Crippen LogP contribution in [0.3, 0.4) is 0 Å². The van der Waals surface area contributed by atoms with E-state index < -0.39 is 29.8 Å². The molecule has 1 aromatic rings. The van der Waals surface area contributed by atoms with Gasteiger partial charge in [0.2, 0.25) is 17.7 Å². The third-order valence-corrected chi connectivity index (χ3v) is 5.34. The summed E-state index contributed by atoms with van der Waals surface area (Å²) in [5.74, 6) is -2.57. The molecule has 1 aromatic carbocycles. The second-order valence-corrected chi connectivity index (χ2v) is 7.30. The summed E-state index contributed by atoms with van der Waals surface area (Å²) in [6, 6.07) is 5.25. The number of hydrogen-bond donors (Lipinski definition) is 1. The first-order valence-corrected chi connectivity index (χ1v) is 9.50. The van der Waals surface area contributed by atoms with Crippen LogP contribution >= 0.6 is 11.6 Å². The fraction of sp³-hybridized carbons (Fsp3) is 0.400. The largest absolute Gasteiger partial charge is 0.462 e. The topological polar surface area (TPSA) is 92.8 Å². The van der Waals surface area contributed by atoms with Crippen molar-refractivity contribution in [1.29, 1.82) is 0 Å². The fourth-order valence-electron chi connectivity index (χ4n) is 3.50. The quantitative estimate of drug-likeness (QED) is 0.601. The minimum atomic E-state index is -0.950. The molecular weight excluding hydrogens is 384 g/mol. The van der Waals surface area contributed by atoms with Crippen molar-refractivity contribution in [2.45, 2.75) is 32.7 Å². The number of hydrogen-bond acceptors (Lipinski definition) is 5. The van der Waals surface area contributed by atoms with Gasteiger partial charge in [0.25, 0.3) is 0 Å². The molecule has 0 aromatic heterocycles. The maximum atomic E-state index is 12.7. The molecule has 1 saturated heterocycles. The Morgan fingerprint density at radius 3 is 2.50 bits per heavy atom. The lowest BCUT2D eigenvalue weighted by atomic mass is 9.85. The van der Waals surface area contributed by atoms with Gasteiger partial charge in [0, 0.05) is 10.7 Å². The van der Waals surface area contributed by atoms with E-state index in [2.05, 4.69) is 5.32 Å². The molecular formula is C20H21ClN2O5. The van der Waals surface area contributed by atoms with Crippen LogP contribution in [0.25, 0.3) is 0 Å². The van der Waals surface area contributed by atoms with Crippen LogP contribution in [0, 0.1) is 11.8 Å². The Morgan fingerprint density at radius 2 is 1.86 bits per heavy atom. The van der Waals surface area contributed by atoms with E-state index in [0.717, 1.165) is 4.90 Å². The van der Waals surface area contributed by atoms with E-state index in [1.54, 1.807) is 25.1 Å². The van der Waals surface area contributed by atoms with Gasteiger partial charge < -0.3 is 10.1 Å². The third-order valence-electron chi connectivity index (χ3n) is 5.03. The molecule has 2 aliphatic rings. The van der Waals surface area contributed by atoms with Gasteiger partial charge in [0.05, 0.1) is 24.0 Å². The number of carbonyl (C=O) groups excluding carboxylic acids is 4. The minimum absolute atomic E-state index is 0.273. The molecule has 8 heteroatoms. The molecule has 1 N–H and O–H groups in total. The number of benzene rings is 1. The molecule has 3 atom stereocenters. The zero-order valence-corrected chi connectivity index (χ0v) is 16.4. The van der Waals surface area contributed by atoms with E-state index in [0.29, 0.717) is 29.1 Å². The fourth-order valence-corrected chi connectivity index (χ4v) is 3.76. The van der Waals surface area contributed by atoms with E-state index in [9.17, 15) is 19.2 Å². The zero-order valence-electron chi connectivity index (χ0n) is 15.6. The van der Waals surface area contributed by atoms with Crippen LogP contribution in [0.4, 0.5) is 5.69 Å². The van der Waals surface area contributed by atoms with Crippen molar-refractivity contribution >= 4 is 41.0 Å². The minimum Gasteiger partial charge on any atom is -0.462 e. The van der Waals surface area contributed by atoms with Gasteiger partial charge in [0.1, 0.15) is 6.04 Å². The number of rotatable bonds is 5. The molecule has 0 bridgehead atoms. The van der Waals surface area contributed by atoms with Crippen LogP contribution in [-0.4, -0.2) is 41.2 Å². The maximum Gasteiger partial charge on any atom is 0.338 e. The Balaban J connectivity index is 1.67. The molecule has 0 unspecified atom stereocenters. The van der Waals surface area contributed by atoms with Crippen LogP contribution in [-0.2, 0) is 19.1 Å². The average molecular weight is 405 g/mol. The van der Waals surface area contributed by atoms with Gasteiger partial charge >= 0.3 is 5.97 Å². The maximum absolute atomic E-state index is 12.7.